The smallest absolute Gasteiger partial charge is 0.282 e. The van der Waals surface area contributed by atoms with E-state index in [1.54, 1.807) is 12.4 Å². The van der Waals surface area contributed by atoms with Gasteiger partial charge in [0.1, 0.15) is 11.6 Å². The van der Waals surface area contributed by atoms with E-state index in [1.165, 1.54) is 36.5 Å². The van der Waals surface area contributed by atoms with E-state index in [4.69, 9.17) is 0 Å². The lowest BCUT2D eigenvalue weighted by molar-refractivity contribution is 0.0990. The Morgan fingerprint density at radius 1 is 1.12 bits per heavy atom. The topological polar surface area (TPSA) is 77.7 Å². The van der Waals surface area contributed by atoms with Crippen LogP contribution in [0.5, 0.6) is 0 Å². The van der Waals surface area contributed by atoms with Gasteiger partial charge in [-0.3, -0.25) is 9.59 Å². The number of benzene rings is 1. The lowest BCUT2D eigenvalue weighted by atomic mass is 10.1. The summed E-state index contributed by atoms with van der Waals surface area (Å²) in [7, 11) is 0. The monoisotopic (exact) mass is 352 g/mol. The molecule has 2 heterocycles. The fourth-order valence-corrected chi connectivity index (χ4v) is 2.43. The van der Waals surface area contributed by atoms with E-state index in [1.807, 2.05) is 13.8 Å². The fourth-order valence-electron chi connectivity index (χ4n) is 2.43. The molecule has 2 aromatic heterocycles. The summed E-state index contributed by atoms with van der Waals surface area (Å²) in [5.74, 6) is 0.125. The standard InChI is InChI=1S/C19H17FN4O2/c1-12(2)18-21-10-13(11-22-18)9-17(25)16-7-8-23-24(19(16)26)15-5-3-14(20)4-6-15/h3-8,10-12H,9H2,1-2H3. The Labute approximate surface area is 149 Å². The average Bonchev–Trinajstić information content (AvgIpc) is 2.63. The van der Waals surface area contributed by atoms with Crippen LogP contribution in [0, 0.1) is 5.82 Å². The average molecular weight is 352 g/mol. The van der Waals surface area contributed by atoms with Gasteiger partial charge < -0.3 is 0 Å². The molecule has 0 aliphatic heterocycles. The molecule has 0 unspecified atom stereocenters. The van der Waals surface area contributed by atoms with Crippen molar-refractivity contribution < 1.29 is 9.18 Å². The van der Waals surface area contributed by atoms with Crippen LogP contribution in [0.3, 0.4) is 0 Å². The Balaban J connectivity index is 1.87. The van der Waals surface area contributed by atoms with E-state index in [0.29, 0.717) is 17.1 Å². The zero-order valence-electron chi connectivity index (χ0n) is 14.4. The highest BCUT2D eigenvalue weighted by atomic mass is 19.1. The maximum Gasteiger partial charge on any atom is 0.282 e. The minimum absolute atomic E-state index is 0.0114. The van der Waals surface area contributed by atoms with Crippen molar-refractivity contribution in [2.24, 2.45) is 0 Å². The molecule has 0 fully saturated rings. The summed E-state index contributed by atoms with van der Waals surface area (Å²) in [6, 6.07) is 6.69. The largest absolute Gasteiger partial charge is 0.294 e. The summed E-state index contributed by atoms with van der Waals surface area (Å²) < 4.78 is 14.1. The number of carbonyl (C=O) groups is 1. The summed E-state index contributed by atoms with van der Waals surface area (Å²) in [6.07, 6.45) is 4.58. The van der Waals surface area contributed by atoms with E-state index < -0.39 is 11.4 Å². The molecule has 1 aromatic carbocycles. The van der Waals surface area contributed by atoms with Crippen molar-refractivity contribution in [3.8, 4) is 5.69 Å². The van der Waals surface area contributed by atoms with Crippen LogP contribution in [0.2, 0.25) is 0 Å². The number of aromatic nitrogens is 4. The summed E-state index contributed by atoms with van der Waals surface area (Å²) >= 11 is 0. The van der Waals surface area contributed by atoms with Gasteiger partial charge in [-0.1, -0.05) is 13.8 Å². The summed E-state index contributed by atoms with van der Waals surface area (Å²) in [5, 5.41) is 3.96. The summed E-state index contributed by atoms with van der Waals surface area (Å²) in [6.45, 7) is 3.96. The molecule has 3 rings (SSSR count). The predicted octanol–water partition coefficient (Wildman–Crippen LogP) is 2.71. The molecule has 0 aliphatic rings. The van der Waals surface area contributed by atoms with E-state index in [0.717, 1.165) is 4.68 Å². The molecule has 0 bridgehead atoms. The second-order valence-corrected chi connectivity index (χ2v) is 6.14. The van der Waals surface area contributed by atoms with Crippen molar-refractivity contribution in [1.82, 2.24) is 19.7 Å². The Hall–Kier alpha value is -3.22. The van der Waals surface area contributed by atoms with Crippen LogP contribution in [0.15, 0.2) is 53.7 Å². The van der Waals surface area contributed by atoms with Gasteiger partial charge in [0.2, 0.25) is 0 Å². The van der Waals surface area contributed by atoms with E-state index in [-0.39, 0.29) is 23.7 Å². The lowest BCUT2D eigenvalue weighted by Crippen LogP contribution is -2.27. The first-order valence-electron chi connectivity index (χ1n) is 8.14. The molecule has 7 heteroatoms. The molecule has 0 saturated carbocycles. The van der Waals surface area contributed by atoms with E-state index in [2.05, 4.69) is 15.1 Å². The maximum atomic E-state index is 13.1. The SMILES string of the molecule is CC(C)c1ncc(CC(=O)c2ccnn(-c3ccc(F)cc3)c2=O)cn1. The van der Waals surface area contributed by atoms with Gasteiger partial charge in [0.25, 0.3) is 5.56 Å². The highest BCUT2D eigenvalue weighted by Gasteiger charge is 2.15. The van der Waals surface area contributed by atoms with E-state index in [9.17, 15) is 14.0 Å². The number of rotatable bonds is 5. The maximum absolute atomic E-state index is 13.1. The molecule has 0 spiro atoms. The molecule has 0 radical (unpaired) electrons. The molecule has 132 valence electrons. The van der Waals surface area contributed by atoms with Crippen molar-refractivity contribution in [2.75, 3.05) is 0 Å². The van der Waals surface area contributed by atoms with E-state index >= 15 is 0 Å². The van der Waals surface area contributed by atoms with Crippen LogP contribution in [-0.4, -0.2) is 25.5 Å². The van der Waals surface area contributed by atoms with Crippen LogP contribution in [0.1, 0.15) is 41.5 Å². The summed E-state index contributed by atoms with van der Waals surface area (Å²) in [5.41, 5.74) is 0.473. The minimum Gasteiger partial charge on any atom is -0.294 e. The second kappa shape index (κ2) is 7.35. The highest BCUT2D eigenvalue weighted by molar-refractivity contribution is 5.97. The van der Waals surface area contributed by atoms with Crippen molar-refractivity contribution in [3.05, 3.63) is 82.0 Å². The molecule has 3 aromatic rings. The Morgan fingerprint density at radius 3 is 2.38 bits per heavy atom. The van der Waals surface area contributed by atoms with Gasteiger partial charge in [-0.2, -0.15) is 9.78 Å². The first kappa shape index (κ1) is 17.6. The van der Waals surface area contributed by atoms with Gasteiger partial charge in [0.15, 0.2) is 5.78 Å². The fraction of sp³-hybridized carbons (Fsp3) is 0.211. The van der Waals surface area contributed by atoms with Gasteiger partial charge in [-0.15, -0.1) is 0 Å². The normalized spacial score (nSPS) is 10.9. The molecule has 0 atom stereocenters. The first-order valence-corrected chi connectivity index (χ1v) is 8.14. The highest BCUT2D eigenvalue weighted by Crippen LogP contribution is 2.10. The zero-order chi connectivity index (χ0) is 18.7. The third-order valence-corrected chi connectivity index (χ3v) is 3.82. The lowest BCUT2D eigenvalue weighted by Gasteiger charge is -2.07. The quantitative estimate of drug-likeness (QED) is 0.660. The van der Waals surface area contributed by atoms with Crippen LogP contribution >= 0.6 is 0 Å². The molecule has 6 nitrogen and oxygen atoms in total. The number of nitrogens with zero attached hydrogens (tertiary/aromatic N) is 4. The molecule has 0 saturated heterocycles. The van der Waals surface area contributed by atoms with Gasteiger partial charge in [0.05, 0.1) is 11.3 Å². The van der Waals surface area contributed by atoms with Crippen molar-refractivity contribution >= 4 is 5.78 Å². The van der Waals surface area contributed by atoms with Crippen molar-refractivity contribution in [2.45, 2.75) is 26.2 Å². The number of ketones is 1. The predicted molar refractivity (Wildman–Crippen MR) is 93.9 cm³/mol. The first-order chi connectivity index (χ1) is 12.5. The summed E-state index contributed by atoms with van der Waals surface area (Å²) in [4.78, 5) is 33.6. The molecule has 0 N–H and O–H groups in total. The van der Waals surface area contributed by atoms with Gasteiger partial charge in [-0.05, 0) is 35.9 Å². The number of Topliss-reactive ketones (excluding diaryl/α,β-unsaturated/α-hetero) is 1. The second-order valence-electron chi connectivity index (χ2n) is 6.14. The van der Waals surface area contributed by atoms with Crippen LogP contribution in [0.4, 0.5) is 4.39 Å². The van der Waals surface area contributed by atoms with Crippen LogP contribution < -0.4 is 5.56 Å². The van der Waals surface area contributed by atoms with Gasteiger partial charge in [-0.25, -0.2) is 14.4 Å². The number of halogens is 1. The molecule has 26 heavy (non-hydrogen) atoms. The van der Waals surface area contributed by atoms with Crippen molar-refractivity contribution in [3.63, 3.8) is 0 Å². The zero-order valence-corrected chi connectivity index (χ0v) is 14.4. The molecule has 0 aliphatic carbocycles. The van der Waals surface area contributed by atoms with Gasteiger partial charge in [0, 0.05) is 30.9 Å². The van der Waals surface area contributed by atoms with Crippen molar-refractivity contribution in [1.29, 1.82) is 0 Å². The third-order valence-electron chi connectivity index (χ3n) is 3.82. The van der Waals surface area contributed by atoms with Gasteiger partial charge >= 0.3 is 0 Å². The van der Waals surface area contributed by atoms with Crippen LogP contribution in [-0.2, 0) is 6.42 Å². The number of carbonyl (C=O) groups excluding carboxylic acids is 1. The molecular weight excluding hydrogens is 335 g/mol. The third kappa shape index (κ3) is 3.72. The molecule has 0 amide bonds. The number of hydrogen-bond donors (Lipinski definition) is 0. The Bertz CT molecular complexity index is 980. The Kier molecular flexibility index (Phi) is 4.97. The Morgan fingerprint density at radius 2 is 1.77 bits per heavy atom. The van der Waals surface area contributed by atoms with Crippen LogP contribution in [0.25, 0.3) is 5.69 Å². The molecular formula is C19H17FN4O2. The number of hydrogen-bond acceptors (Lipinski definition) is 5. The minimum atomic E-state index is -0.552.